The van der Waals surface area contributed by atoms with Crippen LogP contribution < -0.4 is 15.5 Å². The molecule has 0 spiro atoms. The first-order chi connectivity index (χ1) is 18.0. The molecule has 0 bridgehead atoms. The van der Waals surface area contributed by atoms with Crippen LogP contribution >= 0.6 is 23.1 Å². The number of thioether (sulfide) groups is 1. The number of nitrogens with one attached hydrogen (secondary N) is 2. The third-order valence-electron chi connectivity index (χ3n) is 5.34. The van der Waals surface area contributed by atoms with Gasteiger partial charge in [-0.1, -0.05) is 42.7 Å². The molecule has 0 saturated carbocycles. The second kappa shape index (κ2) is 13.4. The lowest BCUT2D eigenvalue weighted by molar-refractivity contribution is 0.122. The maximum atomic E-state index is 14.2. The van der Waals surface area contributed by atoms with Crippen LogP contribution in [0.2, 0.25) is 0 Å². The van der Waals surface area contributed by atoms with E-state index in [1.54, 1.807) is 29.2 Å². The Labute approximate surface area is 223 Å². The summed E-state index contributed by atoms with van der Waals surface area (Å²) >= 11 is 3.21. The molecule has 1 saturated heterocycles. The van der Waals surface area contributed by atoms with E-state index < -0.39 is 11.9 Å². The van der Waals surface area contributed by atoms with Crippen LogP contribution in [0, 0.1) is 5.82 Å². The molecule has 12 heteroatoms. The molecule has 2 aromatic heterocycles. The molecule has 1 aliphatic rings. The molecule has 1 fully saturated rings. The van der Waals surface area contributed by atoms with Crippen molar-refractivity contribution in [1.29, 1.82) is 0 Å². The van der Waals surface area contributed by atoms with Gasteiger partial charge in [0.05, 0.1) is 18.9 Å². The summed E-state index contributed by atoms with van der Waals surface area (Å²) < 4.78 is 25.6. The maximum Gasteiger partial charge on any atom is 0.411 e. The van der Waals surface area contributed by atoms with E-state index in [1.807, 2.05) is 6.07 Å². The number of carbonyl (C=O) groups is 1. The Morgan fingerprint density at radius 1 is 1.27 bits per heavy atom. The first kappa shape index (κ1) is 26.8. The topological polar surface area (TPSA) is 102 Å². The predicted molar refractivity (Wildman–Crippen MR) is 145 cm³/mol. The zero-order valence-corrected chi connectivity index (χ0v) is 22.2. The van der Waals surface area contributed by atoms with Crippen LogP contribution in [-0.2, 0) is 28.2 Å². The van der Waals surface area contributed by atoms with Crippen molar-refractivity contribution >= 4 is 46.4 Å². The summed E-state index contributed by atoms with van der Waals surface area (Å²) in [7, 11) is 0. The zero-order valence-electron chi connectivity index (χ0n) is 20.5. The zero-order chi connectivity index (χ0) is 26.0. The highest BCUT2D eigenvalue weighted by molar-refractivity contribution is 8.00. The molecular formula is C25H29FN6O3S2. The second-order valence-electron chi connectivity index (χ2n) is 8.12. The van der Waals surface area contributed by atoms with Gasteiger partial charge < -0.3 is 19.7 Å². The molecule has 0 aliphatic carbocycles. The molecule has 196 valence electrons. The number of carbonyl (C=O) groups excluding carboxylic acids is 1. The number of hydrogen-bond acceptors (Lipinski definition) is 10. The molecule has 3 aromatic rings. The summed E-state index contributed by atoms with van der Waals surface area (Å²) in [6, 6.07) is 8.42. The Morgan fingerprint density at radius 3 is 2.86 bits per heavy atom. The highest BCUT2D eigenvalue weighted by Gasteiger charge is 2.15. The largest absolute Gasteiger partial charge is 0.445 e. The van der Waals surface area contributed by atoms with Gasteiger partial charge in [-0.15, -0.1) is 10.2 Å². The predicted octanol–water partition coefficient (Wildman–Crippen LogP) is 5.11. The number of rotatable bonds is 11. The Bertz CT molecular complexity index is 1220. The SMILES string of the molecule is C=CCOC(=O)Nc1cc(F)cc(CNc2cc(N3CCOCC3)cc(CSc3nnc(CC)s3)n2)c1. The molecule has 1 aromatic carbocycles. The van der Waals surface area contributed by atoms with E-state index in [9.17, 15) is 9.18 Å². The molecule has 0 radical (unpaired) electrons. The van der Waals surface area contributed by atoms with Gasteiger partial charge in [0.1, 0.15) is 23.2 Å². The van der Waals surface area contributed by atoms with Crippen LogP contribution in [0.1, 0.15) is 23.2 Å². The lowest BCUT2D eigenvalue weighted by Gasteiger charge is -2.29. The normalized spacial score (nSPS) is 13.3. The number of aryl methyl sites for hydroxylation is 1. The van der Waals surface area contributed by atoms with E-state index in [0.717, 1.165) is 40.2 Å². The van der Waals surface area contributed by atoms with E-state index in [2.05, 4.69) is 45.3 Å². The van der Waals surface area contributed by atoms with Crippen LogP contribution in [-0.4, -0.2) is 54.2 Å². The molecule has 0 unspecified atom stereocenters. The van der Waals surface area contributed by atoms with Gasteiger partial charge in [0, 0.05) is 42.8 Å². The first-order valence-electron chi connectivity index (χ1n) is 11.9. The molecular weight excluding hydrogens is 515 g/mol. The molecule has 9 nitrogen and oxygen atoms in total. The van der Waals surface area contributed by atoms with Crippen LogP contribution in [0.15, 0.2) is 47.3 Å². The standard InChI is InChI=1S/C25H29FN6O3S2/c1-3-7-35-24(33)29-19-11-17(10-18(26)12-19)15-27-22-14-21(32-5-8-34-9-6-32)13-20(28-22)16-36-25-31-30-23(4-2)37-25/h3,10-14H,1,4-9,15-16H2,2H3,(H,27,28)(H,29,33). The van der Waals surface area contributed by atoms with Crippen LogP contribution in [0.25, 0.3) is 0 Å². The number of hydrogen-bond donors (Lipinski definition) is 2. The highest BCUT2D eigenvalue weighted by Crippen LogP contribution is 2.29. The van der Waals surface area contributed by atoms with E-state index >= 15 is 0 Å². The van der Waals surface area contributed by atoms with E-state index in [0.29, 0.717) is 42.6 Å². The number of pyridine rings is 1. The fourth-order valence-corrected chi connectivity index (χ4v) is 5.35. The van der Waals surface area contributed by atoms with Gasteiger partial charge >= 0.3 is 6.09 Å². The number of halogens is 1. The number of morpholine rings is 1. The Morgan fingerprint density at radius 2 is 2.11 bits per heavy atom. The van der Waals surface area contributed by atoms with Gasteiger partial charge in [0.25, 0.3) is 0 Å². The third-order valence-corrected chi connectivity index (χ3v) is 7.58. The van der Waals surface area contributed by atoms with Gasteiger partial charge in [0.15, 0.2) is 4.34 Å². The Kier molecular flexibility index (Phi) is 9.69. The van der Waals surface area contributed by atoms with Crippen molar-refractivity contribution < 1.29 is 18.7 Å². The average Bonchev–Trinajstić information content (AvgIpc) is 3.38. The number of aromatic nitrogens is 3. The summed E-state index contributed by atoms with van der Waals surface area (Å²) in [4.78, 5) is 18.9. The number of anilines is 3. The number of nitrogens with zero attached hydrogens (tertiary/aromatic N) is 4. The van der Waals surface area contributed by atoms with Crippen molar-refractivity contribution in [3.05, 3.63) is 65.1 Å². The summed E-state index contributed by atoms with van der Waals surface area (Å²) in [6.07, 6.45) is 1.65. The molecule has 2 N–H and O–H groups in total. The van der Waals surface area contributed by atoms with E-state index in [1.165, 1.54) is 18.2 Å². The molecule has 3 heterocycles. The van der Waals surface area contributed by atoms with Crippen LogP contribution in [0.5, 0.6) is 0 Å². The highest BCUT2D eigenvalue weighted by atomic mass is 32.2. The van der Waals surface area contributed by atoms with Crippen LogP contribution in [0.3, 0.4) is 0 Å². The Hall–Kier alpha value is -3.22. The lowest BCUT2D eigenvalue weighted by atomic mass is 10.2. The fraction of sp³-hybridized carbons (Fsp3) is 0.360. The average molecular weight is 545 g/mol. The third kappa shape index (κ3) is 8.14. The molecule has 37 heavy (non-hydrogen) atoms. The fourth-order valence-electron chi connectivity index (χ4n) is 3.62. The Balaban J connectivity index is 1.48. The quantitative estimate of drug-likeness (QED) is 0.252. The molecule has 0 atom stereocenters. The van der Waals surface area contributed by atoms with Gasteiger partial charge in [-0.25, -0.2) is 14.2 Å². The smallest absolute Gasteiger partial charge is 0.411 e. The lowest BCUT2D eigenvalue weighted by Crippen LogP contribution is -2.36. The number of ether oxygens (including phenoxy) is 2. The minimum absolute atomic E-state index is 0.0696. The summed E-state index contributed by atoms with van der Waals surface area (Å²) in [5.41, 5.74) is 2.90. The van der Waals surface area contributed by atoms with Crippen molar-refractivity contribution in [2.45, 2.75) is 30.0 Å². The monoisotopic (exact) mass is 544 g/mol. The van der Waals surface area contributed by atoms with E-state index in [-0.39, 0.29) is 6.61 Å². The molecule has 1 amide bonds. The summed E-state index contributed by atoms with van der Waals surface area (Å²) in [5, 5.41) is 15.3. The minimum Gasteiger partial charge on any atom is -0.445 e. The number of benzene rings is 1. The van der Waals surface area contributed by atoms with Gasteiger partial charge in [-0.2, -0.15) is 0 Å². The van der Waals surface area contributed by atoms with Crippen molar-refractivity contribution in [2.24, 2.45) is 0 Å². The summed E-state index contributed by atoms with van der Waals surface area (Å²) in [5.74, 6) is 0.857. The summed E-state index contributed by atoms with van der Waals surface area (Å²) in [6.45, 7) is 8.89. The number of amides is 1. The van der Waals surface area contributed by atoms with E-state index in [4.69, 9.17) is 14.5 Å². The van der Waals surface area contributed by atoms with Crippen molar-refractivity contribution in [3.8, 4) is 0 Å². The minimum atomic E-state index is -0.673. The van der Waals surface area contributed by atoms with Gasteiger partial charge in [0.2, 0.25) is 0 Å². The van der Waals surface area contributed by atoms with Gasteiger partial charge in [-0.3, -0.25) is 5.32 Å². The first-order valence-corrected chi connectivity index (χ1v) is 13.7. The van der Waals surface area contributed by atoms with Crippen LogP contribution in [0.4, 0.5) is 26.4 Å². The van der Waals surface area contributed by atoms with Gasteiger partial charge in [-0.05, 0) is 36.2 Å². The van der Waals surface area contributed by atoms with Crippen molar-refractivity contribution in [1.82, 2.24) is 15.2 Å². The molecule has 1 aliphatic heterocycles. The van der Waals surface area contributed by atoms with Crippen molar-refractivity contribution in [3.63, 3.8) is 0 Å². The second-order valence-corrected chi connectivity index (χ2v) is 10.4. The molecule has 4 rings (SSSR count). The maximum absolute atomic E-state index is 14.2. The van der Waals surface area contributed by atoms with Crippen molar-refractivity contribution in [2.75, 3.05) is 48.4 Å².